The summed E-state index contributed by atoms with van der Waals surface area (Å²) < 4.78 is 6.91. The number of hydrogen-bond acceptors (Lipinski definition) is 3. The van der Waals surface area contributed by atoms with E-state index in [1.807, 2.05) is 24.3 Å². The van der Waals surface area contributed by atoms with E-state index in [1.165, 1.54) is 21.9 Å². The lowest BCUT2D eigenvalue weighted by atomic mass is 9.91. The molecule has 0 aliphatic heterocycles. The van der Waals surface area contributed by atoms with Crippen LogP contribution < -0.4 is 0 Å². The summed E-state index contributed by atoms with van der Waals surface area (Å²) in [4.78, 5) is 10.4. The molecule has 2 aromatic heterocycles. The molecular formula is C45H30N2O. The molecule has 0 saturated heterocycles. The van der Waals surface area contributed by atoms with Gasteiger partial charge in [-0.25, -0.2) is 9.97 Å². The molecule has 7 aromatic carbocycles. The van der Waals surface area contributed by atoms with Crippen LogP contribution in [-0.4, -0.2) is 9.97 Å². The first-order valence-corrected chi connectivity index (χ1v) is 16.3. The van der Waals surface area contributed by atoms with Crippen LogP contribution in [0.3, 0.4) is 0 Å². The standard InChI is InChI=1S/C45H30N2O/c1-29-42(32-17-7-3-8-18-32)46-45(33-19-9-4-10-20-33)47-43(29)38-26-25-37(35-22-13-21-34(28-35)30-14-5-2-6-15-30)41-40-36-23-12-11-16-31(36)24-27-39(40)48-44(38)41/h2-28H,1H3. The summed E-state index contributed by atoms with van der Waals surface area (Å²) in [6, 6.07) is 57.1. The molecule has 226 valence electrons. The van der Waals surface area contributed by atoms with Gasteiger partial charge in [-0.1, -0.05) is 146 Å². The largest absolute Gasteiger partial charge is 0.455 e. The molecule has 3 heteroatoms. The fraction of sp³-hybridized carbons (Fsp3) is 0.0222. The highest BCUT2D eigenvalue weighted by Crippen LogP contribution is 2.45. The van der Waals surface area contributed by atoms with Gasteiger partial charge in [-0.15, -0.1) is 0 Å². The zero-order valence-corrected chi connectivity index (χ0v) is 26.4. The summed E-state index contributed by atoms with van der Waals surface area (Å²) in [7, 11) is 0. The van der Waals surface area contributed by atoms with Gasteiger partial charge in [-0.3, -0.25) is 0 Å². The fourth-order valence-corrected chi connectivity index (χ4v) is 6.94. The van der Waals surface area contributed by atoms with Crippen molar-refractivity contribution < 1.29 is 4.42 Å². The average Bonchev–Trinajstić information content (AvgIpc) is 3.56. The Morgan fingerprint density at radius 3 is 1.81 bits per heavy atom. The van der Waals surface area contributed by atoms with E-state index in [-0.39, 0.29) is 0 Å². The van der Waals surface area contributed by atoms with E-state index in [4.69, 9.17) is 14.4 Å². The molecule has 0 N–H and O–H groups in total. The molecule has 9 rings (SSSR count). The van der Waals surface area contributed by atoms with Crippen LogP contribution in [0.15, 0.2) is 168 Å². The Bertz CT molecular complexity index is 2610. The molecule has 48 heavy (non-hydrogen) atoms. The van der Waals surface area contributed by atoms with Crippen LogP contribution in [-0.2, 0) is 0 Å². The summed E-state index contributed by atoms with van der Waals surface area (Å²) in [5.74, 6) is 0.685. The molecular weight excluding hydrogens is 585 g/mol. The van der Waals surface area contributed by atoms with E-state index >= 15 is 0 Å². The molecule has 0 aliphatic rings. The molecule has 0 bridgehead atoms. The highest BCUT2D eigenvalue weighted by Gasteiger charge is 2.23. The molecule has 0 aliphatic carbocycles. The van der Waals surface area contributed by atoms with Gasteiger partial charge in [0.2, 0.25) is 0 Å². The maximum absolute atomic E-state index is 6.91. The quantitative estimate of drug-likeness (QED) is 0.194. The number of aromatic nitrogens is 2. The summed E-state index contributed by atoms with van der Waals surface area (Å²) >= 11 is 0. The van der Waals surface area contributed by atoms with Gasteiger partial charge in [0.05, 0.1) is 11.4 Å². The molecule has 0 amide bonds. The molecule has 0 saturated carbocycles. The maximum atomic E-state index is 6.91. The number of benzene rings is 7. The zero-order chi connectivity index (χ0) is 32.0. The first-order valence-electron chi connectivity index (χ1n) is 16.3. The van der Waals surface area contributed by atoms with Crippen LogP contribution >= 0.6 is 0 Å². The third-order valence-corrected chi connectivity index (χ3v) is 9.27. The summed E-state index contributed by atoms with van der Waals surface area (Å²) in [6.45, 7) is 2.12. The first-order chi connectivity index (χ1) is 23.7. The number of nitrogens with zero attached hydrogens (tertiary/aromatic N) is 2. The molecule has 0 unspecified atom stereocenters. The van der Waals surface area contributed by atoms with Gasteiger partial charge in [-0.2, -0.15) is 0 Å². The molecule has 0 radical (unpaired) electrons. The second-order valence-electron chi connectivity index (χ2n) is 12.2. The lowest BCUT2D eigenvalue weighted by Gasteiger charge is -2.15. The predicted octanol–water partition coefficient (Wildman–Crippen LogP) is 12.2. The van der Waals surface area contributed by atoms with Crippen molar-refractivity contribution in [2.45, 2.75) is 6.92 Å². The smallest absolute Gasteiger partial charge is 0.160 e. The van der Waals surface area contributed by atoms with E-state index < -0.39 is 0 Å². The minimum absolute atomic E-state index is 0.685. The van der Waals surface area contributed by atoms with Crippen molar-refractivity contribution in [1.29, 1.82) is 0 Å². The molecule has 3 nitrogen and oxygen atoms in total. The maximum Gasteiger partial charge on any atom is 0.160 e. The molecule has 0 atom stereocenters. The van der Waals surface area contributed by atoms with Gasteiger partial charge in [0.25, 0.3) is 0 Å². The molecule has 2 heterocycles. The summed E-state index contributed by atoms with van der Waals surface area (Å²) in [6.07, 6.45) is 0. The monoisotopic (exact) mass is 614 g/mol. The summed E-state index contributed by atoms with van der Waals surface area (Å²) in [5, 5.41) is 4.55. The Hall–Kier alpha value is -6.32. The second-order valence-corrected chi connectivity index (χ2v) is 12.2. The van der Waals surface area contributed by atoms with Crippen molar-refractivity contribution in [3.05, 3.63) is 169 Å². The predicted molar refractivity (Wildman–Crippen MR) is 199 cm³/mol. The Balaban J connectivity index is 1.37. The third-order valence-electron chi connectivity index (χ3n) is 9.27. The van der Waals surface area contributed by atoms with Crippen LogP contribution in [0.1, 0.15) is 5.56 Å². The van der Waals surface area contributed by atoms with Gasteiger partial charge >= 0.3 is 0 Å². The van der Waals surface area contributed by atoms with Crippen molar-refractivity contribution >= 4 is 32.7 Å². The third kappa shape index (κ3) is 4.68. The highest BCUT2D eigenvalue weighted by molar-refractivity contribution is 6.24. The first kappa shape index (κ1) is 27.9. The summed E-state index contributed by atoms with van der Waals surface area (Å²) in [5.41, 5.74) is 12.1. The SMILES string of the molecule is Cc1c(-c2ccccc2)nc(-c2ccccc2)nc1-c1ccc(-c2cccc(-c3ccccc3)c2)c2c1oc1ccc3ccccc3c12. The van der Waals surface area contributed by atoms with Crippen LogP contribution in [0.2, 0.25) is 0 Å². The van der Waals surface area contributed by atoms with Gasteiger partial charge in [0.15, 0.2) is 5.82 Å². The Kier molecular flexibility index (Phi) is 6.69. The minimum atomic E-state index is 0.685. The van der Waals surface area contributed by atoms with E-state index in [0.29, 0.717) is 5.82 Å². The molecule has 0 spiro atoms. The van der Waals surface area contributed by atoms with Crippen LogP contribution in [0.5, 0.6) is 0 Å². The number of rotatable bonds is 5. The Morgan fingerprint density at radius 2 is 1.04 bits per heavy atom. The number of fused-ring (bicyclic) bond motifs is 5. The lowest BCUT2D eigenvalue weighted by molar-refractivity contribution is 0.670. The zero-order valence-electron chi connectivity index (χ0n) is 26.4. The van der Waals surface area contributed by atoms with Crippen molar-refractivity contribution in [3.63, 3.8) is 0 Å². The lowest BCUT2D eigenvalue weighted by Crippen LogP contribution is -2.00. The van der Waals surface area contributed by atoms with Gasteiger partial charge in [-0.05, 0) is 58.1 Å². The van der Waals surface area contributed by atoms with Gasteiger partial charge in [0.1, 0.15) is 11.2 Å². The van der Waals surface area contributed by atoms with E-state index in [0.717, 1.165) is 66.7 Å². The van der Waals surface area contributed by atoms with E-state index in [2.05, 4.69) is 146 Å². The van der Waals surface area contributed by atoms with Crippen molar-refractivity contribution in [2.24, 2.45) is 0 Å². The Morgan fingerprint density at radius 1 is 0.438 bits per heavy atom. The van der Waals surface area contributed by atoms with Gasteiger partial charge < -0.3 is 4.42 Å². The minimum Gasteiger partial charge on any atom is -0.455 e. The topological polar surface area (TPSA) is 38.9 Å². The van der Waals surface area contributed by atoms with Crippen molar-refractivity contribution in [2.75, 3.05) is 0 Å². The van der Waals surface area contributed by atoms with Crippen LogP contribution in [0.25, 0.3) is 88.9 Å². The van der Waals surface area contributed by atoms with E-state index in [9.17, 15) is 0 Å². The number of hydrogen-bond donors (Lipinski definition) is 0. The number of furan rings is 1. The van der Waals surface area contributed by atoms with Crippen molar-refractivity contribution in [3.8, 4) is 56.2 Å². The fourth-order valence-electron chi connectivity index (χ4n) is 6.94. The molecule has 0 fully saturated rings. The van der Waals surface area contributed by atoms with E-state index in [1.54, 1.807) is 0 Å². The van der Waals surface area contributed by atoms with Crippen LogP contribution in [0, 0.1) is 6.92 Å². The average molecular weight is 615 g/mol. The Labute approximate surface area is 278 Å². The second kappa shape index (κ2) is 11.5. The molecule has 9 aromatic rings. The van der Waals surface area contributed by atoms with Crippen LogP contribution in [0.4, 0.5) is 0 Å². The van der Waals surface area contributed by atoms with Gasteiger partial charge in [0, 0.05) is 33.0 Å². The van der Waals surface area contributed by atoms with Crippen molar-refractivity contribution in [1.82, 2.24) is 9.97 Å². The highest BCUT2D eigenvalue weighted by atomic mass is 16.3. The normalized spacial score (nSPS) is 11.4.